The lowest BCUT2D eigenvalue weighted by Gasteiger charge is -2.37. The molecule has 4 amide bonds. The number of hydrogen-bond acceptors (Lipinski definition) is 4. The smallest absolute Gasteiger partial charge is 0.324 e. The summed E-state index contributed by atoms with van der Waals surface area (Å²) >= 11 is 0. The molecule has 2 saturated heterocycles. The van der Waals surface area contributed by atoms with Crippen LogP contribution < -0.4 is 11.1 Å². The van der Waals surface area contributed by atoms with Gasteiger partial charge >= 0.3 is 6.03 Å². The third-order valence-corrected chi connectivity index (χ3v) is 5.03. The van der Waals surface area contributed by atoms with Crippen molar-refractivity contribution in [3.05, 3.63) is 35.4 Å². The van der Waals surface area contributed by atoms with Crippen molar-refractivity contribution in [2.24, 2.45) is 5.73 Å². The molecule has 7 heteroatoms. The van der Waals surface area contributed by atoms with E-state index in [4.69, 9.17) is 5.73 Å². The highest BCUT2D eigenvalue weighted by Crippen LogP contribution is 2.28. The summed E-state index contributed by atoms with van der Waals surface area (Å²) in [6.45, 7) is 2.43. The third kappa shape index (κ3) is 2.99. The van der Waals surface area contributed by atoms with Crippen LogP contribution in [-0.4, -0.2) is 59.9 Å². The Hall–Kier alpha value is -2.41. The molecule has 2 fully saturated rings. The number of hydrogen-bond donors (Lipinski definition) is 2. The molecular formula is C17H22N4O3. The molecule has 1 spiro atoms. The summed E-state index contributed by atoms with van der Waals surface area (Å²) in [6.07, 6.45) is 2.15. The number of carbonyl (C=O) groups excluding carboxylic acids is 3. The van der Waals surface area contributed by atoms with E-state index in [1.807, 2.05) is 12.1 Å². The maximum absolute atomic E-state index is 12.3. The summed E-state index contributed by atoms with van der Waals surface area (Å²) in [5, 5.41) is 2.85. The van der Waals surface area contributed by atoms with Gasteiger partial charge in [0, 0.05) is 32.2 Å². The van der Waals surface area contributed by atoms with Gasteiger partial charge in [-0.3, -0.25) is 14.5 Å². The zero-order valence-electron chi connectivity index (χ0n) is 13.7. The third-order valence-electron chi connectivity index (χ3n) is 5.03. The minimum atomic E-state index is -0.703. The summed E-state index contributed by atoms with van der Waals surface area (Å²) in [4.78, 5) is 38.5. The molecule has 3 rings (SSSR count). The summed E-state index contributed by atoms with van der Waals surface area (Å²) in [7, 11) is 1.52. The topological polar surface area (TPSA) is 95.7 Å². The largest absolute Gasteiger partial charge is 0.366 e. The summed E-state index contributed by atoms with van der Waals surface area (Å²) in [6, 6.07) is 7.02. The van der Waals surface area contributed by atoms with E-state index in [0.29, 0.717) is 18.4 Å². The maximum atomic E-state index is 12.3. The summed E-state index contributed by atoms with van der Waals surface area (Å²) < 4.78 is 0. The number of primary amides is 1. The van der Waals surface area contributed by atoms with Crippen LogP contribution in [-0.2, 0) is 11.2 Å². The van der Waals surface area contributed by atoms with Gasteiger partial charge < -0.3 is 16.0 Å². The molecule has 128 valence electrons. The van der Waals surface area contributed by atoms with E-state index in [1.54, 1.807) is 12.1 Å². The molecule has 2 heterocycles. The second kappa shape index (κ2) is 6.24. The first-order chi connectivity index (χ1) is 11.4. The molecule has 0 bridgehead atoms. The van der Waals surface area contributed by atoms with Crippen molar-refractivity contribution in [3.63, 3.8) is 0 Å². The average molecular weight is 330 g/mol. The van der Waals surface area contributed by atoms with Crippen molar-refractivity contribution in [3.8, 4) is 0 Å². The Morgan fingerprint density at radius 3 is 2.33 bits per heavy atom. The van der Waals surface area contributed by atoms with Crippen LogP contribution >= 0.6 is 0 Å². The van der Waals surface area contributed by atoms with Crippen LogP contribution in [0.5, 0.6) is 0 Å². The Bertz CT molecular complexity index is 663. The number of benzene rings is 1. The number of rotatable bonds is 4. The van der Waals surface area contributed by atoms with Crippen molar-refractivity contribution in [1.82, 2.24) is 15.1 Å². The van der Waals surface area contributed by atoms with Gasteiger partial charge in [-0.15, -0.1) is 0 Å². The normalized spacial score (nSPS) is 20.5. The number of likely N-dealkylation sites (tertiary alicyclic amines) is 1. The van der Waals surface area contributed by atoms with Crippen LogP contribution in [0.1, 0.15) is 28.8 Å². The van der Waals surface area contributed by atoms with Gasteiger partial charge in [0.05, 0.1) is 0 Å². The van der Waals surface area contributed by atoms with E-state index < -0.39 is 11.4 Å². The number of likely N-dealkylation sites (N-methyl/N-ethyl adjacent to an activating group) is 1. The van der Waals surface area contributed by atoms with Gasteiger partial charge in [0.1, 0.15) is 5.54 Å². The van der Waals surface area contributed by atoms with E-state index in [-0.39, 0.29) is 11.9 Å². The SMILES string of the molecule is CN1C(=O)NC2(CCN(CCc3ccc(C(N)=O)cc3)CC2)C1=O. The molecule has 0 radical (unpaired) electrons. The van der Waals surface area contributed by atoms with Crippen molar-refractivity contribution in [2.45, 2.75) is 24.8 Å². The van der Waals surface area contributed by atoms with E-state index in [1.165, 1.54) is 11.9 Å². The fourth-order valence-electron chi connectivity index (χ4n) is 3.38. The van der Waals surface area contributed by atoms with Gasteiger partial charge in [-0.2, -0.15) is 0 Å². The monoisotopic (exact) mass is 330 g/mol. The Labute approximate surface area is 140 Å². The molecule has 0 atom stereocenters. The Kier molecular flexibility index (Phi) is 4.28. The lowest BCUT2D eigenvalue weighted by atomic mass is 9.87. The molecular weight excluding hydrogens is 308 g/mol. The quantitative estimate of drug-likeness (QED) is 0.779. The molecule has 2 aliphatic heterocycles. The second-order valence-electron chi connectivity index (χ2n) is 6.53. The molecule has 1 aromatic carbocycles. The number of carbonyl (C=O) groups is 3. The van der Waals surface area contributed by atoms with Crippen molar-refractivity contribution >= 4 is 17.8 Å². The highest BCUT2D eigenvalue weighted by molar-refractivity contribution is 6.06. The molecule has 0 unspecified atom stereocenters. The lowest BCUT2D eigenvalue weighted by Crippen LogP contribution is -2.55. The van der Waals surface area contributed by atoms with E-state index in [0.717, 1.165) is 31.6 Å². The predicted molar refractivity (Wildman–Crippen MR) is 88.4 cm³/mol. The Balaban J connectivity index is 1.52. The minimum absolute atomic E-state index is 0.116. The molecule has 3 N–H and O–H groups in total. The fraction of sp³-hybridized carbons (Fsp3) is 0.471. The van der Waals surface area contributed by atoms with Crippen LogP contribution in [0.4, 0.5) is 4.79 Å². The summed E-state index contributed by atoms with van der Waals surface area (Å²) in [5.41, 5.74) is 6.19. The van der Waals surface area contributed by atoms with Crippen LogP contribution in [0, 0.1) is 0 Å². The number of urea groups is 1. The first-order valence-electron chi connectivity index (χ1n) is 8.13. The number of imide groups is 1. The van der Waals surface area contributed by atoms with Crippen LogP contribution in [0.15, 0.2) is 24.3 Å². The van der Waals surface area contributed by atoms with Gasteiger partial charge in [0.15, 0.2) is 0 Å². The van der Waals surface area contributed by atoms with Gasteiger partial charge in [-0.1, -0.05) is 12.1 Å². The lowest BCUT2D eigenvalue weighted by molar-refractivity contribution is -0.132. The standard InChI is InChI=1S/C17H22N4O3/c1-20-15(23)17(19-16(20)24)7-10-21(11-8-17)9-6-12-2-4-13(5-3-12)14(18)22/h2-5H,6-11H2,1H3,(H2,18,22)(H,19,24). The second-order valence-corrected chi connectivity index (χ2v) is 6.53. The molecule has 0 saturated carbocycles. The van der Waals surface area contributed by atoms with E-state index in [2.05, 4.69) is 10.2 Å². The molecule has 1 aromatic rings. The first-order valence-corrected chi connectivity index (χ1v) is 8.13. The summed E-state index contributed by atoms with van der Waals surface area (Å²) in [5.74, 6) is -0.537. The average Bonchev–Trinajstić information content (AvgIpc) is 2.79. The fourth-order valence-corrected chi connectivity index (χ4v) is 3.38. The number of amides is 4. The van der Waals surface area contributed by atoms with Crippen LogP contribution in [0.25, 0.3) is 0 Å². The van der Waals surface area contributed by atoms with Crippen LogP contribution in [0.3, 0.4) is 0 Å². The minimum Gasteiger partial charge on any atom is -0.366 e. The molecule has 0 aliphatic carbocycles. The maximum Gasteiger partial charge on any atom is 0.324 e. The Morgan fingerprint density at radius 1 is 1.21 bits per heavy atom. The zero-order valence-corrected chi connectivity index (χ0v) is 13.7. The van der Waals surface area contributed by atoms with Gasteiger partial charge in [0.25, 0.3) is 5.91 Å². The highest BCUT2D eigenvalue weighted by atomic mass is 16.2. The molecule has 24 heavy (non-hydrogen) atoms. The van der Waals surface area contributed by atoms with Crippen molar-refractivity contribution in [1.29, 1.82) is 0 Å². The van der Waals surface area contributed by atoms with Gasteiger partial charge in [-0.25, -0.2) is 4.79 Å². The van der Waals surface area contributed by atoms with E-state index >= 15 is 0 Å². The molecule has 2 aliphatic rings. The predicted octanol–water partition coefficient (Wildman–Crippen LogP) is 0.344. The van der Waals surface area contributed by atoms with Crippen molar-refractivity contribution in [2.75, 3.05) is 26.7 Å². The Morgan fingerprint density at radius 2 is 1.83 bits per heavy atom. The van der Waals surface area contributed by atoms with E-state index in [9.17, 15) is 14.4 Å². The highest BCUT2D eigenvalue weighted by Gasteiger charge is 2.50. The number of piperidine rings is 1. The van der Waals surface area contributed by atoms with Gasteiger partial charge in [0.2, 0.25) is 5.91 Å². The van der Waals surface area contributed by atoms with Crippen molar-refractivity contribution < 1.29 is 14.4 Å². The number of nitrogens with one attached hydrogen (secondary N) is 1. The van der Waals surface area contributed by atoms with Crippen LogP contribution in [0.2, 0.25) is 0 Å². The zero-order chi connectivity index (χ0) is 17.3. The number of nitrogens with two attached hydrogens (primary N) is 1. The van der Waals surface area contributed by atoms with Gasteiger partial charge in [-0.05, 0) is 37.0 Å². The molecule has 7 nitrogen and oxygen atoms in total. The molecule has 0 aromatic heterocycles. The number of nitrogens with zero attached hydrogens (tertiary/aromatic N) is 2. The first kappa shape index (κ1) is 16.4.